The Hall–Kier alpha value is -1.75. The molecule has 0 saturated carbocycles. The topological polar surface area (TPSA) is 54.9 Å². The fraction of sp³-hybridized carbons (Fsp3) is 0.400. The van der Waals surface area contributed by atoms with E-state index in [0.29, 0.717) is 6.42 Å². The molecule has 0 aromatic carbocycles. The highest BCUT2D eigenvalue weighted by Crippen LogP contribution is 2.13. The third-order valence-corrected chi connectivity index (χ3v) is 3.72. The molecule has 2 rings (SSSR count). The first-order valence-electron chi connectivity index (χ1n) is 6.75. The van der Waals surface area contributed by atoms with Crippen molar-refractivity contribution in [2.24, 2.45) is 0 Å². The average Bonchev–Trinajstić information content (AvgIpc) is 2.84. The van der Waals surface area contributed by atoms with Gasteiger partial charge in [-0.3, -0.25) is 9.78 Å². The molecule has 0 spiro atoms. The fourth-order valence-corrected chi connectivity index (χ4v) is 2.68. The molecule has 0 aliphatic carbocycles. The van der Waals surface area contributed by atoms with Gasteiger partial charge in [-0.2, -0.15) is 0 Å². The number of thiazole rings is 1. The summed E-state index contributed by atoms with van der Waals surface area (Å²) in [5.74, 6) is 0.0333. The number of carbonyl (C=O) groups is 1. The molecule has 0 atom stereocenters. The van der Waals surface area contributed by atoms with Gasteiger partial charge in [0.2, 0.25) is 5.91 Å². The van der Waals surface area contributed by atoms with E-state index in [-0.39, 0.29) is 11.9 Å². The van der Waals surface area contributed by atoms with Crippen molar-refractivity contribution in [1.29, 1.82) is 0 Å². The number of carbonyl (C=O) groups excluding carboxylic acids is 1. The third kappa shape index (κ3) is 4.74. The molecule has 2 aromatic rings. The van der Waals surface area contributed by atoms with Crippen LogP contribution in [0.15, 0.2) is 29.9 Å². The first-order valence-corrected chi connectivity index (χ1v) is 7.63. The van der Waals surface area contributed by atoms with Crippen LogP contribution < -0.4 is 5.32 Å². The molecule has 0 aliphatic heterocycles. The maximum atomic E-state index is 11.7. The number of rotatable bonds is 6. The molecule has 0 fully saturated rings. The summed E-state index contributed by atoms with van der Waals surface area (Å²) < 4.78 is 0. The van der Waals surface area contributed by atoms with Gasteiger partial charge < -0.3 is 5.32 Å². The van der Waals surface area contributed by atoms with Gasteiger partial charge in [0.15, 0.2) is 0 Å². The molecule has 20 heavy (non-hydrogen) atoms. The largest absolute Gasteiger partial charge is 0.354 e. The summed E-state index contributed by atoms with van der Waals surface area (Å²) in [5.41, 5.74) is 2.12. The molecule has 2 aromatic heterocycles. The SMILES string of the molecule is CC(C)NC(=O)Cc1csc(CCc2ccncc2)n1. The minimum atomic E-state index is 0.0333. The van der Waals surface area contributed by atoms with Crippen molar-refractivity contribution < 1.29 is 4.79 Å². The zero-order chi connectivity index (χ0) is 14.4. The quantitative estimate of drug-likeness (QED) is 0.888. The zero-order valence-corrected chi connectivity index (χ0v) is 12.6. The molecule has 0 aliphatic rings. The second-order valence-electron chi connectivity index (χ2n) is 4.99. The Bertz CT molecular complexity index is 551. The lowest BCUT2D eigenvalue weighted by atomic mass is 10.1. The minimum absolute atomic E-state index is 0.0333. The summed E-state index contributed by atoms with van der Waals surface area (Å²) in [4.78, 5) is 20.2. The van der Waals surface area contributed by atoms with Crippen molar-refractivity contribution in [3.05, 3.63) is 46.2 Å². The first kappa shape index (κ1) is 14.7. The Morgan fingerprint density at radius 3 is 2.75 bits per heavy atom. The molecule has 0 saturated heterocycles. The lowest BCUT2D eigenvalue weighted by Gasteiger charge is -2.06. The van der Waals surface area contributed by atoms with Crippen molar-refractivity contribution in [1.82, 2.24) is 15.3 Å². The number of hydrogen-bond donors (Lipinski definition) is 1. The summed E-state index contributed by atoms with van der Waals surface area (Å²) in [6, 6.07) is 4.21. The van der Waals surface area contributed by atoms with Gasteiger partial charge in [-0.25, -0.2) is 4.98 Å². The van der Waals surface area contributed by atoms with E-state index >= 15 is 0 Å². The summed E-state index contributed by atoms with van der Waals surface area (Å²) in [5, 5.41) is 5.93. The normalized spacial score (nSPS) is 10.8. The van der Waals surface area contributed by atoms with E-state index in [1.54, 1.807) is 23.7 Å². The van der Waals surface area contributed by atoms with Crippen molar-refractivity contribution >= 4 is 17.2 Å². The van der Waals surface area contributed by atoms with Gasteiger partial charge in [-0.05, 0) is 38.0 Å². The Labute approximate surface area is 123 Å². The van der Waals surface area contributed by atoms with E-state index in [0.717, 1.165) is 23.5 Å². The predicted octanol–water partition coefficient (Wildman–Crippen LogP) is 2.39. The maximum Gasteiger partial charge on any atom is 0.226 e. The summed E-state index contributed by atoms with van der Waals surface area (Å²) in [6.45, 7) is 3.91. The second-order valence-corrected chi connectivity index (χ2v) is 5.93. The Kier molecular flexibility index (Phi) is 5.24. The second kappa shape index (κ2) is 7.14. The van der Waals surface area contributed by atoms with E-state index in [9.17, 15) is 4.79 Å². The van der Waals surface area contributed by atoms with Gasteiger partial charge >= 0.3 is 0 Å². The van der Waals surface area contributed by atoms with Crippen LogP contribution >= 0.6 is 11.3 Å². The van der Waals surface area contributed by atoms with Crippen LogP contribution in [0, 0.1) is 0 Å². The zero-order valence-electron chi connectivity index (χ0n) is 11.8. The molecule has 5 heteroatoms. The van der Waals surface area contributed by atoms with Crippen LogP contribution in [0.25, 0.3) is 0 Å². The van der Waals surface area contributed by atoms with Crippen molar-refractivity contribution in [3.63, 3.8) is 0 Å². The van der Waals surface area contributed by atoms with E-state index in [1.807, 2.05) is 31.4 Å². The first-order chi connectivity index (χ1) is 9.63. The van der Waals surface area contributed by atoms with Gasteiger partial charge in [-0.1, -0.05) is 0 Å². The highest BCUT2D eigenvalue weighted by molar-refractivity contribution is 7.09. The molecule has 4 nitrogen and oxygen atoms in total. The van der Waals surface area contributed by atoms with Crippen molar-refractivity contribution in [2.75, 3.05) is 0 Å². The third-order valence-electron chi connectivity index (χ3n) is 2.77. The van der Waals surface area contributed by atoms with Crippen molar-refractivity contribution in [2.45, 2.75) is 39.2 Å². The molecule has 2 heterocycles. The Morgan fingerprint density at radius 1 is 1.30 bits per heavy atom. The van der Waals surface area contributed by atoms with Crippen molar-refractivity contribution in [3.8, 4) is 0 Å². The van der Waals surface area contributed by atoms with E-state index in [4.69, 9.17) is 0 Å². The summed E-state index contributed by atoms with van der Waals surface area (Å²) >= 11 is 1.62. The number of aromatic nitrogens is 2. The predicted molar refractivity (Wildman–Crippen MR) is 80.7 cm³/mol. The molecular weight excluding hydrogens is 270 g/mol. The smallest absolute Gasteiger partial charge is 0.226 e. The number of amides is 1. The maximum absolute atomic E-state index is 11.7. The van der Waals surface area contributed by atoms with Crippen LogP contribution in [0.4, 0.5) is 0 Å². The number of nitrogens with one attached hydrogen (secondary N) is 1. The van der Waals surface area contributed by atoms with Gasteiger partial charge in [0.1, 0.15) is 0 Å². The van der Waals surface area contributed by atoms with E-state index in [1.165, 1.54) is 5.56 Å². The van der Waals surface area contributed by atoms with Crippen LogP contribution in [-0.4, -0.2) is 21.9 Å². The highest BCUT2D eigenvalue weighted by atomic mass is 32.1. The minimum Gasteiger partial charge on any atom is -0.354 e. The van der Waals surface area contributed by atoms with Crippen LogP contribution in [0.2, 0.25) is 0 Å². The average molecular weight is 289 g/mol. The Balaban J connectivity index is 1.84. The fourth-order valence-electron chi connectivity index (χ4n) is 1.88. The summed E-state index contributed by atoms with van der Waals surface area (Å²) in [7, 11) is 0. The van der Waals surface area contributed by atoms with E-state index < -0.39 is 0 Å². The lowest BCUT2D eigenvalue weighted by Crippen LogP contribution is -2.31. The molecule has 0 bridgehead atoms. The molecule has 1 amide bonds. The van der Waals surface area contributed by atoms with Crippen LogP contribution in [0.1, 0.15) is 30.1 Å². The molecule has 106 valence electrons. The number of nitrogens with zero attached hydrogens (tertiary/aromatic N) is 2. The summed E-state index contributed by atoms with van der Waals surface area (Å²) in [6.07, 6.45) is 5.83. The number of aryl methyl sites for hydroxylation is 2. The van der Waals surface area contributed by atoms with Gasteiger partial charge in [0, 0.05) is 30.2 Å². The standard InChI is InChI=1S/C15H19N3OS/c1-11(2)17-14(19)9-13-10-20-15(18-13)4-3-12-5-7-16-8-6-12/h5-8,10-11H,3-4,9H2,1-2H3,(H,17,19). The molecular formula is C15H19N3OS. The highest BCUT2D eigenvalue weighted by Gasteiger charge is 2.08. The van der Waals surface area contributed by atoms with Crippen LogP contribution in [0.3, 0.4) is 0 Å². The monoisotopic (exact) mass is 289 g/mol. The van der Waals surface area contributed by atoms with Crippen LogP contribution in [-0.2, 0) is 24.1 Å². The van der Waals surface area contributed by atoms with Gasteiger partial charge in [0.25, 0.3) is 0 Å². The Morgan fingerprint density at radius 2 is 2.05 bits per heavy atom. The van der Waals surface area contributed by atoms with E-state index in [2.05, 4.69) is 15.3 Å². The lowest BCUT2D eigenvalue weighted by molar-refractivity contribution is -0.120. The molecule has 1 N–H and O–H groups in total. The number of pyridine rings is 1. The van der Waals surface area contributed by atoms with Gasteiger partial charge in [0.05, 0.1) is 17.1 Å². The molecule has 0 unspecified atom stereocenters. The van der Waals surface area contributed by atoms with Gasteiger partial charge in [-0.15, -0.1) is 11.3 Å². The molecule has 0 radical (unpaired) electrons. The van der Waals surface area contributed by atoms with Crippen LogP contribution in [0.5, 0.6) is 0 Å². The number of hydrogen-bond acceptors (Lipinski definition) is 4.